The SMILES string of the molecule is CC(=O)N[C@H]1[C@@H](O[C@H]2[C@@H](O)[C@@H](CO)O[C@@H](O[C@@H]([C@@H](O)[C@H](O)CO[C@@H]3O[C@H](CO)[C@@H](O)[C@H](O)[C@H]3NC(C)=O)[C@H](CO)NC(C)=O)[C@@H]2O[C@H]2O[C@H](C)[C@H](O)[C@H](O)[C@H]2O)O[C@H](CO)[C@H](O)[C@@H]1O. The number of carbonyl (C=O) groups excluding carboxylic acids is 3. The van der Waals surface area contributed by atoms with E-state index < -0.39 is 198 Å². The number of ether oxygens (including phenoxy) is 8. The van der Waals surface area contributed by atoms with Crippen LogP contribution in [0.3, 0.4) is 0 Å². The van der Waals surface area contributed by atoms with Crippen LogP contribution in [0.4, 0.5) is 0 Å². The summed E-state index contributed by atoms with van der Waals surface area (Å²) in [6.07, 6.45) is -39.0. The van der Waals surface area contributed by atoms with Crippen LogP contribution in [-0.4, -0.2) is 269 Å². The smallest absolute Gasteiger partial charge is 0.217 e. The molecule has 0 aromatic rings. The van der Waals surface area contributed by atoms with Crippen LogP contribution in [-0.2, 0) is 52.3 Å². The predicted molar refractivity (Wildman–Crippen MR) is 202 cm³/mol. The molecule has 0 radical (unpaired) electrons. The molecule has 24 atom stereocenters. The molecule has 4 fully saturated rings. The van der Waals surface area contributed by atoms with Gasteiger partial charge < -0.3 is 125 Å². The molecule has 28 nitrogen and oxygen atoms in total. The van der Waals surface area contributed by atoms with Crippen molar-refractivity contribution in [1.82, 2.24) is 16.0 Å². The third-order valence-electron chi connectivity index (χ3n) is 11.1. The Morgan fingerprint density at radius 2 is 1.05 bits per heavy atom. The highest BCUT2D eigenvalue weighted by atomic mass is 16.8. The largest absolute Gasteiger partial charge is 0.394 e. The van der Waals surface area contributed by atoms with Crippen molar-refractivity contribution in [2.24, 2.45) is 0 Å². The lowest BCUT2D eigenvalue weighted by Crippen LogP contribution is -2.69. The Balaban J connectivity index is 1.75. The van der Waals surface area contributed by atoms with Gasteiger partial charge in [0.2, 0.25) is 17.7 Å². The van der Waals surface area contributed by atoms with E-state index in [-0.39, 0.29) is 0 Å². The number of amides is 3. The van der Waals surface area contributed by atoms with E-state index in [1.807, 2.05) is 0 Å². The van der Waals surface area contributed by atoms with Crippen molar-refractivity contribution in [1.29, 1.82) is 0 Å². The van der Waals surface area contributed by atoms with Crippen molar-refractivity contribution in [3.05, 3.63) is 0 Å². The van der Waals surface area contributed by atoms with E-state index in [9.17, 15) is 85.9 Å². The van der Waals surface area contributed by atoms with Crippen LogP contribution in [0.25, 0.3) is 0 Å². The Bertz CT molecular complexity index is 1490. The van der Waals surface area contributed by atoms with Gasteiger partial charge in [-0.15, -0.1) is 0 Å². The summed E-state index contributed by atoms with van der Waals surface area (Å²) < 4.78 is 46.4. The standard InChI is InChI=1S/C36H63N3O25/c1-10-21(48)28(55)29(56)35(58-10)64-32-31(63-34-20(39-13(4)46)27(54)24(51)17(7-42)60-34)25(52)18(8-43)61-36(32)62-30(14(5-40)37-11(2)44)22(49)15(47)9-57-33-19(38-12(3)45)26(53)23(50)16(6-41)59-33/h10,14-36,40-43,47-56H,5-9H2,1-4H3,(H,37,44)(H,38,45)(H,39,46)/t10-,14+,15-,16-,17-,18-,19-,20-,21+,22+,23-,24+,25+,26-,27-,28+,29-,30-,31+,32-,33-,34-,35-,36+/m1/s1. The first-order valence-electron chi connectivity index (χ1n) is 20.4. The Kier molecular flexibility index (Phi) is 20.3. The molecular weight excluding hydrogens is 874 g/mol. The molecule has 0 aromatic carbocycles. The predicted octanol–water partition coefficient (Wildman–Crippen LogP) is -10.8. The number of carbonyl (C=O) groups is 3. The first kappa shape index (κ1) is 54.1. The van der Waals surface area contributed by atoms with Gasteiger partial charge in [0, 0.05) is 20.8 Å². The Morgan fingerprint density at radius 1 is 0.562 bits per heavy atom. The highest BCUT2D eigenvalue weighted by molar-refractivity contribution is 5.74. The minimum absolute atomic E-state index is 0.710. The zero-order valence-corrected chi connectivity index (χ0v) is 35.1. The molecule has 4 heterocycles. The van der Waals surface area contributed by atoms with E-state index in [4.69, 9.17) is 37.9 Å². The van der Waals surface area contributed by atoms with Gasteiger partial charge >= 0.3 is 0 Å². The lowest BCUT2D eigenvalue weighted by molar-refractivity contribution is -0.392. The van der Waals surface area contributed by atoms with Crippen LogP contribution in [0.15, 0.2) is 0 Å². The molecule has 0 aliphatic carbocycles. The number of nitrogens with one attached hydrogen (secondary N) is 3. The summed E-state index contributed by atoms with van der Waals surface area (Å²) in [4.78, 5) is 36.5. The van der Waals surface area contributed by atoms with E-state index >= 15 is 0 Å². The highest BCUT2D eigenvalue weighted by Gasteiger charge is 2.56. The quantitative estimate of drug-likeness (QED) is 0.0572. The lowest BCUT2D eigenvalue weighted by Gasteiger charge is -2.50. The van der Waals surface area contributed by atoms with Crippen LogP contribution in [0.2, 0.25) is 0 Å². The minimum atomic E-state index is -2.28. The second kappa shape index (κ2) is 24.0. The summed E-state index contributed by atoms with van der Waals surface area (Å²) in [5.41, 5.74) is 0. The number of aliphatic hydroxyl groups is 14. The fourth-order valence-corrected chi connectivity index (χ4v) is 7.66. The lowest BCUT2D eigenvalue weighted by atomic mass is 9.94. The van der Waals surface area contributed by atoms with E-state index in [0.717, 1.165) is 20.8 Å². The average molecular weight is 938 g/mol. The van der Waals surface area contributed by atoms with Gasteiger partial charge in [-0.05, 0) is 6.92 Å². The third kappa shape index (κ3) is 12.7. The Labute approximate surface area is 365 Å². The molecule has 0 bridgehead atoms. The van der Waals surface area contributed by atoms with Crippen molar-refractivity contribution in [2.45, 2.75) is 175 Å². The van der Waals surface area contributed by atoms with Gasteiger partial charge in [0.05, 0.1) is 45.2 Å². The van der Waals surface area contributed by atoms with Crippen LogP contribution in [0.1, 0.15) is 27.7 Å². The summed E-state index contributed by atoms with van der Waals surface area (Å²) in [6, 6.07) is -4.82. The van der Waals surface area contributed by atoms with Crippen molar-refractivity contribution in [2.75, 3.05) is 33.0 Å². The van der Waals surface area contributed by atoms with E-state index in [0.29, 0.717) is 0 Å². The maximum Gasteiger partial charge on any atom is 0.217 e. The molecule has 4 aliphatic rings. The summed E-state index contributed by atoms with van der Waals surface area (Å²) in [6.45, 7) is -0.353. The van der Waals surface area contributed by atoms with Gasteiger partial charge in [0.1, 0.15) is 110 Å². The number of rotatable bonds is 19. The molecule has 17 N–H and O–H groups in total. The molecule has 4 saturated heterocycles. The van der Waals surface area contributed by atoms with E-state index in [1.165, 1.54) is 6.92 Å². The molecule has 4 aliphatic heterocycles. The molecule has 0 spiro atoms. The van der Waals surface area contributed by atoms with Crippen LogP contribution < -0.4 is 16.0 Å². The maximum atomic E-state index is 12.4. The van der Waals surface area contributed by atoms with Gasteiger partial charge in [-0.3, -0.25) is 14.4 Å². The second-order valence-corrected chi connectivity index (χ2v) is 15.9. The fraction of sp³-hybridized carbons (Fsp3) is 0.917. The zero-order chi connectivity index (χ0) is 47.9. The van der Waals surface area contributed by atoms with Gasteiger partial charge in [0.15, 0.2) is 25.2 Å². The normalized spacial score (nSPS) is 42.5. The zero-order valence-electron chi connectivity index (χ0n) is 35.1. The number of aliphatic hydroxyl groups excluding tert-OH is 14. The summed E-state index contributed by atoms with van der Waals surface area (Å²) in [7, 11) is 0. The average Bonchev–Trinajstić information content (AvgIpc) is 3.25. The van der Waals surface area contributed by atoms with Gasteiger partial charge in [0.25, 0.3) is 0 Å². The molecule has 28 heteroatoms. The second-order valence-electron chi connectivity index (χ2n) is 15.9. The molecule has 0 aromatic heterocycles. The topological polar surface area (TPSA) is 444 Å². The molecule has 0 unspecified atom stereocenters. The Morgan fingerprint density at radius 3 is 1.55 bits per heavy atom. The number of hydrogen-bond acceptors (Lipinski definition) is 25. The molecule has 372 valence electrons. The fourth-order valence-electron chi connectivity index (χ4n) is 7.66. The highest BCUT2D eigenvalue weighted by Crippen LogP contribution is 2.35. The Hall–Kier alpha value is -2.47. The van der Waals surface area contributed by atoms with Crippen molar-refractivity contribution < 1.29 is 124 Å². The van der Waals surface area contributed by atoms with Crippen molar-refractivity contribution in [3.8, 4) is 0 Å². The van der Waals surface area contributed by atoms with Crippen LogP contribution >= 0.6 is 0 Å². The third-order valence-corrected chi connectivity index (χ3v) is 11.1. The molecular formula is C36H63N3O25. The van der Waals surface area contributed by atoms with Crippen molar-refractivity contribution >= 4 is 17.7 Å². The molecule has 3 amide bonds. The van der Waals surface area contributed by atoms with Gasteiger partial charge in [-0.25, -0.2) is 0 Å². The van der Waals surface area contributed by atoms with Crippen LogP contribution in [0.5, 0.6) is 0 Å². The monoisotopic (exact) mass is 937 g/mol. The summed E-state index contributed by atoms with van der Waals surface area (Å²) in [5.74, 6) is -2.30. The van der Waals surface area contributed by atoms with Crippen LogP contribution in [0, 0.1) is 0 Å². The molecule has 4 rings (SSSR count). The van der Waals surface area contributed by atoms with Gasteiger partial charge in [-0.2, -0.15) is 0 Å². The van der Waals surface area contributed by atoms with E-state index in [2.05, 4.69) is 16.0 Å². The molecule has 0 saturated carbocycles. The first-order valence-corrected chi connectivity index (χ1v) is 20.4. The minimum Gasteiger partial charge on any atom is -0.394 e. The maximum absolute atomic E-state index is 12.4. The van der Waals surface area contributed by atoms with Gasteiger partial charge in [-0.1, -0.05) is 0 Å². The molecule has 64 heavy (non-hydrogen) atoms. The summed E-state index contributed by atoms with van der Waals surface area (Å²) >= 11 is 0. The van der Waals surface area contributed by atoms with E-state index in [1.54, 1.807) is 0 Å². The number of hydrogen-bond donors (Lipinski definition) is 17. The summed E-state index contributed by atoms with van der Waals surface area (Å²) in [5, 5.41) is 157. The van der Waals surface area contributed by atoms with Crippen molar-refractivity contribution in [3.63, 3.8) is 0 Å². The first-order chi connectivity index (χ1) is 30.1.